The first kappa shape index (κ1) is 21.6. The zero-order valence-electron chi connectivity index (χ0n) is 16.5. The van der Waals surface area contributed by atoms with Crippen LogP contribution in [0.3, 0.4) is 0 Å². The van der Waals surface area contributed by atoms with Crippen molar-refractivity contribution in [1.82, 2.24) is 0 Å². The fraction of sp³-hybridized carbons (Fsp3) is 0.542. The molecule has 29 heavy (non-hydrogen) atoms. The molecule has 0 unspecified atom stereocenters. The van der Waals surface area contributed by atoms with Gasteiger partial charge in [0.05, 0.1) is 5.56 Å². The largest absolute Gasteiger partial charge is 0.416 e. The number of halogens is 4. The summed E-state index contributed by atoms with van der Waals surface area (Å²) in [7, 11) is 0. The lowest BCUT2D eigenvalue weighted by atomic mass is 9.70. The van der Waals surface area contributed by atoms with E-state index in [1.165, 1.54) is 23.8 Å². The molecule has 0 aliphatic heterocycles. The summed E-state index contributed by atoms with van der Waals surface area (Å²) in [6, 6.07) is 7.16. The molecule has 0 bridgehead atoms. The average Bonchev–Trinajstić information content (AvgIpc) is 2.73. The van der Waals surface area contributed by atoms with Gasteiger partial charge < -0.3 is 0 Å². The van der Waals surface area contributed by atoms with Gasteiger partial charge in [-0.2, -0.15) is 22.8 Å². The van der Waals surface area contributed by atoms with E-state index in [4.69, 9.17) is 5.26 Å². The molecule has 1 aromatic carbocycles. The second-order valence-electron chi connectivity index (χ2n) is 8.48. The van der Waals surface area contributed by atoms with Gasteiger partial charge in [0.25, 0.3) is 0 Å². The highest BCUT2D eigenvalue weighted by molar-refractivity contribution is 5.28. The summed E-state index contributed by atoms with van der Waals surface area (Å²) in [4.78, 5) is 0. The topological polar surface area (TPSA) is 23.8 Å². The molecule has 0 amide bonds. The Morgan fingerprint density at radius 2 is 1.45 bits per heavy atom. The van der Waals surface area contributed by atoms with Gasteiger partial charge in [0.15, 0.2) is 5.83 Å². The van der Waals surface area contributed by atoms with Crippen molar-refractivity contribution in [2.45, 2.75) is 63.5 Å². The summed E-state index contributed by atoms with van der Waals surface area (Å²) in [6.07, 6.45) is 4.90. The summed E-state index contributed by atoms with van der Waals surface area (Å²) in [5.74, 6) is 0.699. The van der Waals surface area contributed by atoms with E-state index < -0.39 is 17.6 Å². The number of benzene rings is 1. The Bertz CT molecular complexity index is 769. The van der Waals surface area contributed by atoms with E-state index in [1.54, 1.807) is 18.2 Å². The van der Waals surface area contributed by atoms with E-state index in [-0.39, 0.29) is 5.92 Å². The highest BCUT2D eigenvalue weighted by Crippen LogP contribution is 2.44. The van der Waals surface area contributed by atoms with E-state index in [0.29, 0.717) is 17.8 Å². The zero-order chi connectivity index (χ0) is 21.0. The van der Waals surface area contributed by atoms with Crippen LogP contribution in [0.15, 0.2) is 48.3 Å². The lowest BCUT2D eigenvalue weighted by Crippen LogP contribution is -2.22. The molecule has 1 nitrogen and oxygen atoms in total. The van der Waals surface area contributed by atoms with Gasteiger partial charge in [0.2, 0.25) is 0 Å². The molecule has 0 spiro atoms. The molecule has 0 aromatic heterocycles. The highest BCUT2D eigenvalue weighted by atomic mass is 19.4. The first-order valence-electron chi connectivity index (χ1n) is 10.4. The fourth-order valence-electron chi connectivity index (χ4n) is 4.98. The summed E-state index contributed by atoms with van der Waals surface area (Å²) in [5.41, 5.74) is 1.69. The Kier molecular flexibility index (Phi) is 6.82. The Morgan fingerprint density at radius 3 is 1.93 bits per heavy atom. The van der Waals surface area contributed by atoms with Crippen molar-refractivity contribution in [3.63, 3.8) is 0 Å². The Hall–Kier alpha value is -2.09. The predicted octanol–water partition coefficient (Wildman–Crippen LogP) is 7.72. The van der Waals surface area contributed by atoms with Gasteiger partial charge in [-0.25, -0.2) is 0 Å². The van der Waals surface area contributed by atoms with Gasteiger partial charge in [-0.1, -0.05) is 24.3 Å². The van der Waals surface area contributed by atoms with Gasteiger partial charge >= 0.3 is 6.18 Å². The Labute approximate surface area is 170 Å². The minimum atomic E-state index is -4.29. The number of rotatable bonds is 4. The summed E-state index contributed by atoms with van der Waals surface area (Å²) in [5, 5.41) is 8.57. The standard InChI is InChI=1S/C24H27F4N/c1-16(18-4-2-17(3-5-18)14-23(25)15-29)19-6-8-20(9-7-19)21-10-12-22(13-11-21)24(26,27)28/h10-14,17-20H,1-9H2/b23-14-/t17-,18-,19-,20-. The molecule has 0 radical (unpaired) electrons. The van der Waals surface area contributed by atoms with Crippen LogP contribution in [-0.2, 0) is 6.18 Å². The van der Waals surface area contributed by atoms with E-state index >= 15 is 0 Å². The first-order valence-corrected chi connectivity index (χ1v) is 10.4. The number of allylic oxidation sites excluding steroid dienone is 3. The Morgan fingerprint density at radius 1 is 0.931 bits per heavy atom. The van der Waals surface area contributed by atoms with Gasteiger partial charge in [-0.3, -0.25) is 0 Å². The van der Waals surface area contributed by atoms with Crippen LogP contribution in [0.1, 0.15) is 68.4 Å². The Balaban J connectivity index is 1.49. The fourth-order valence-corrected chi connectivity index (χ4v) is 4.98. The molecule has 0 saturated heterocycles. The van der Waals surface area contributed by atoms with Crippen molar-refractivity contribution in [3.05, 3.63) is 59.4 Å². The molecule has 3 rings (SSSR count). The van der Waals surface area contributed by atoms with E-state index in [1.807, 2.05) is 0 Å². The maximum Gasteiger partial charge on any atom is 0.416 e. The smallest absolute Gasteiger partial charge is 0.195 e. The number of hydrogen-bond donors (Lipinski definition) is 0. The van der Waals surface area contributed by atoms with Crippen LogP contribution in [0.4, 0.5) is 17.6 Å². The monoisotopic (exact) mass is 405 g/mol. The normalized spacial score (nSPS) is 28.6. The van der Waals surface area contributed by atoms with Crippen molar-refractivity contribution in [2.75, 3.05) is 0 Å². The van der Waals surface area contributed by atoms with Gasteiger partial charge in [-0.15, -0.1) is 0 Å². The van der Waals surface area contributed by atoms with Crippen molar-refractivity contribution in [3.8, 4) is 6.07 Å². The van der Waals surface area contributed by atoms with E-state index in [9.17, 15) is 17.6 Å². The number of nitrogens with zero attached hydrogens (tertiary/aromatic N) is 1. The van der Waals surface area contributed by atoms with Crippen LogP contribution in [0.25, 0.3) is 0 Å². The van der Waals surface area contributed by atoms with Gasteiger partial charge in [-0.05, 0) is 98.8 Å². The molecule has 0 atom stereocenters. The molecular formula is C24H27F4N. The molecule has 0 heterocycles. The van der Waals surface area contributed by atoms with Gasteiger partial charge in [0.1, 0.15) is 6.07 Å². The maximum absolute atomic E-state index is 13.1. The molecule has 156 valence electrons. The van der Waals surface area contributed by atoms with Crippen LogP contribution in [-0.4, -0.2) is 0 Å². The summed E-state index contributed by atoms with van der Waals surface area (Å²) < 4.78 is 51.4. The first-order chi connectivity index (χ1) is 13.8. The van der Waals surface area contributed by atoms with Crippen LogP contribution < -0.4 is 0 Å². The number of nitriles is 1. The minimum absolute atomic E-state index is 0.147. The lowest BCUT2D eigenvalue weighted by Gasteiger charge is -2.36. The molecule has 0 N–H and O–H groups in total. The molecule has 2 saturated carbocycles. The molecule has 5 heteroatoms. The molecular weight excluding hydrogens is 378 g/mol. The second kappa shape index (κ2) is 9.15. The summed E-state index contributed by atoms with van der Waals surface area (Å²) in [6.45, 7) is 4.37. The van der Waals surface area contributed by atoms with Crippen molar-refractivity contribution < 1.29 is 17.6 Å². The SMILES string of the molecule is C=C([C@H]1CC[C@H](/C=C(\F)C#N)CC1)[C@H]1CC[C@H](c2ccc(C(F)(F)F)cc2)CC1. The third kappa shape index (κ3) is 5.50. The summed E-state index contributed by atoms with van der Waals surface area (Å²) >= 11 is 0. The number of hydrogen-bond acceptors (Lipinski definition) is 1. The maximum atomic E-state index is 13.1. The highest BCUT2D eigenvalue weighted by Gasteiger charge is 2.32. The van der Waals surface area contributed by atoms with E-state index in [0.717, 1.165) is 56.9 Å². The third-order valence-corrected chi connectivity index (χ3v) is 6.75. The van der Waals surface area contributed by atoms with E-state index in [2.05, 4.69) is 6.58 Å². The van der Waals surface area contributed by atoms with Crippen LogP contribution in [0.5, 0.6) is 0 Å². The van der Waals surface area contributed by atoms with Crippen LogP contribution in [0, 0.1) is 29.1 Å². The molecule has 2 fully saturated rings. The minimum Gasteiger partial charge on any atom is -0.195 e. The second-order valence-corrected chi connectivity index (χ2v) is 8.48. The predicted molar refractivity (Wildman–Crippen MR) is 106 cm³/mol. The van der Waals surface area contributed by atoms with Crippen molar-refractivity contribution in [1.29, 1.82) is 5.26 Å². The lowest BCUT2D eigenvalue weighted by molar-refractivity contribution is -0.137. The zero-order valence-corrected chi connectivity index (χ0v) is 16.5. The van der Waals surface area contributed by atoms with Crippen molar-refractivity contribution in [2.24, 2.45) is 17.8 Å². The third-order valence-electron chi connectivity index (χ3n) is 6.75. The molecule has 1 aromatic rings. The van der Waals surface area contributed by atoms with Gasteiger partial charge in [0, 0.05) is 0 Å². The molecule has 2 aliphatic carbocycles. The van der Waals surface area contributed by atoms with Crippen LogP contribution in [0.2, 0.25) is 0 Å². The molecule has 2 aliphatic rings. The van der Waals surface area contributed by atoms with Crippen LogP contribution >= 0.6 is 0 Å². The average molecular weight is 405 g/mol. The quantitative estimate of drug-likeness (QED) is 0.286. The number of alkyl halides is 3. The van der Waals surface area contributed by atoms with Crippen molar-refractivity contribution >= 4 is 0 Å².